The highest BCUT2D eigenvalue weighted by Crippen LogP contribution is 2.33. The molecular formula is C19H24N2O2S. The molecule has 0 spiro atoms. The highest BCUT2D eigenvalue weighted by atomic mass is 32.1. The van der Waals surface area contributed by atoms with Crippen LogP contribution in [0.5, 0.6) is 5.75 Å². The van der Waals surface area contributed by atoms with E-state index in [0.717, 1.165) is 47.7 Å². The smallest absolute Gasteiger partial charge is 0.263 e. The van der Waals surface area contributed by atoms with E-state index in [2.05, 4.69) is 12.2 Å². The zero-order chi connectivity index (χ0) is 17.1. The quantitative estimate of drug-likeness (QED) is 0.922. The van der Waals surface area contributed by atoms with Crippen molar-refractivity contribution in [3.05, 3.63) is 40.1 Å². The molecule has 1 aliphatic rings. The molecule has 1 fully saturated rings. The molecule has 2 heterocycles. The molecule has 4 nitrogen and oxygen atoms in total. The Morgan fingerprint density at radius 1 is 1.25 bits per heavy atom. The van der Waals surface area contributed by atoms with Gasteiger partial charge in [-0.05, 0) is 56.1 Å². The van der Waals surface area contributed by atoms with Crippen LogP contribution in [0.1, 0.15) is 27.4 Å². The first kappa shape index (κ1) is 17.0. The first-order valence-electron chi connectivity index (χ1n) is 8.33. The Balaban J connectivity index is 1.77. The van der Waals surface area contributed by atoms with Crippen LogP contribution in [0.2, 0.25) is 0 Å². The summed E-state index contributed by atoms with van der Waals surface area (Å²) in [5, 5.41) is 3.30. The maximum absolute atomic E-state index is 12.8. The van der Waals surface area contributed by atoms with Gasteiger partial charge in [0.1, 0.15) is 5.75 Å². The molecule has 0 radical (unpaired) electrons. The number of nitrogens with zero attached hydrogens (tertiary/aromatic N) is 1. The van der Waals surface area contributed by atoms with E-state index >= 15 is 0 Å². The molecule has 1 aromatic heterocycles. The minimum Gasteiger partial charge on any atom is -0.497 e. The number of likely N-dealkylation sites (tertiary alicyclic amines) is 1. The van der Waals surface area contributed by atoms with Crippen molar-refractivity contribution >= 4 is 17.2 Å². The average molecular weight is 344 g/mol. The molecule has 128 valence electrons. The zero-order valence-corrected chi connectivity index (χ0v) is 15.3. The number of benzene rings is 1. The highest BCUT2D eigenvalue weighted by molar-refractivity contribution is 7.14. The fourth-order valence-corrected chi connectivity index (χ4v) is 4.18. The largest absolute Gasteiger partial charge is 0.497 e. The predicted molar refractivity (Wildman–Crippen MR) is 99.0 cm³/mol. The van der Waals surface area contributed by atoms with Gasteiger partial charge in [0.2, 0.25) is 0 Å². The third kappa shape index (κ3) is 3.47. The number of methoxy groups -OCH3 is 1. The van der Waals surface area contributed by atoms with Crippen molar-refractivity contribution < 1.29 is 9.53 Å². The van der Waals surface area contributed by atoms with Crippen LogP contribution in [-0.4, -0.2) is 44.1 Å². The lowest BCUT2D eigenvalue weighted by molar-refractivity contribution is 0.0712. The molecule has 0 unspecified atom stereocenters. The molecule has 1 saturated heterocycles. The summed E-state index contributed by atoms with van der Waals surface area (Å²) in [6.45, 7) is 3.74. The summed E-state index contributed by atoms with van der Waals surface area (Å²) in [4.78, 5) is 16.8. The fraction of sp³-hybridized carbons (Fsp3) is 0.421. The third-order valence-corrected chi connectivity index (χ3v) is 5.76. The van der Waals surface area contributed by atoms with Gasteiger partial charge in [0.15, 0.2) is 0 Å². The SMILES string of the molecule is CNC1CCN(C(=O)c2cc(-c3ccc(OC)cc3)c(C)s2)CC1. The van der Waals surface area contributed by atoms with Crippen molar-refractivity contribution in [3.63, 3.8) is 0 Å². The van der Waals surface area contributed by atoms with Crippen LogP contribution in [0.4, 0.5) is 0 Å². The minimum atomic E-state index is 0.164. The summed E-state index contributed by atoms with van der Waals surface area (Å²) in [6.07, 6.45) is 2.05. The van der Waals surface area contributed by atoms with E-state index in [0.29, 0.717) is 6.04 Å². The molecule has 2 aromatic rings. The number of amides is 1. The molecule has 0 bridgehead atoms. The van der Waals surface area contributed by atoms with Crippen molar-refractivity contribution in [2.75, 3.05) is 27.2 Å². The molecule has 0 saturated carbocycles. The van der Waals surface area contributed by atoms with E-state index in [4.69, 9.17) is 4.74 Å². The van der Waals surface area contributed by atoms with Crippen LogP contribution in [-0.2, 0) is 0 Å². The topological polar surface area (TPSA) is 41.6 Å². The number of hydrogen-bond donors (Lipinski definition) is 1. The molecule has 1 aromatic carbocycles. The Morgan fingerprint density at radius 2 is 1.92 bits per heavy atom. The van der Waals surface area contributed by atoms with Gasteiger partial charge in [0, 0.05) is 24.0 Å². The van der Waals surface area contributed by atoms with Crippen LogP contribution >= 0.6 is 11.3 Å². The lowest BCUT2D eigenvalue weighted by Gasteiger charge is -2.31. The van der Waals surface area contributed by atoms with Crippen LogP contribution in [0.15, 0.2) is 30.3 Å². The zero-order valence-electron chi connectivity index (χ0n) is 14.5. The van der Waals surface area contributed by atoms with Gasteiger partial charge in [-0.3, -0.25) is 4.79 Å². The number of thiophene rings is 1. The van der Waals surface area contributed by atoms with Crippen molar-refractivity contribution in [1.29, 1.82) is 0 Å². The average Bonchev–Trinajstić information content (AvgIpc) is 3.03. The summed E-state index contributed by atoms with van der Waals surface area (Å²) in [6, 6.07) is 10.6. The van der Waals surface area contributed by atoms with Gasteiger partial charge in [-0.1, -0.05) is 12.1 Å². The van der Waals surface area contributed by atoms with E-state index in [-0.39, 0.29) is 5.91 Å². The van der Waals surface area contributed by atoms with Crippen molar-refractivity contribution in [2.45, 2.75) is 25.8 Å². The number of rotatable bonds is 4. The van der Waals surface area contributed by atoms with Gasteiger partial charge < -0.3 is 15.0 Å². The number of ether oxygens (including phenoxy) is 1. The fourth-order valence-electron chi connectivity index (χ4n) is 3.17. The van der Waals surface area contributed by atoms with Gasteiger partial charge in [-0.15, -0.1) is 11.3 Å². The molecule has 3 rings (SSSR count). The van der Waals surface area contributed by atoms with E-state index in [1.165, 1.54) is 4.88 Å². The second kappa shape index (κ2) is 7.36. The Hall–Kier alpha value is -1.85. The van der Waals surface area contributed by atoms with Gasteiger partial charge in [0.05, 0.1) is 12.0 Å². The summed E-state index contributed by atoms with van der Waals surface area (Å²) < 4.78 is 5.21. The van der Waals surface area contributed by atoms with Crippen LogP contribution in [0, 0.1) is 6.92 Å². The van der Waals surface area contributed by atoms with Crippen molar-refractivity contribution in [1.82, 2.24) is 10.2 Å². The summed E-state index contributed by atoms with van der Waals surface area (Å²) >= 11 is 1.59. The van der Waals surface area contributed by atoms with Crippen LogP contribution in [0.25, 0.3) is 11.1 Å². The lowest BCUT2D eigenvalue weighted by atomic mass is 10.0. The number of hydrogen-bond acceptors (Lipinski definition) is 4. The Bertz CT molecular complexity index is 701. The lowest BCUT2D eigenvalue weighted by Crippen LogP contribution is -2.43. The number of carbonyl (C=O) groups excluding carboxylic acids is 1. The first-order chi connectivity index (χ1) is 11.6. The van der Waals surface area contributed by atoms with E-state index in [1.54, 1.807) is 18.4 Å². The molecule has 0 atom stereocenters. The first-order valence-corrected chi connectivity index (χ1v) is 9.15. The summed E-state index contributed by atoms with van der Waals surface area (Å²) in [5.41, 5.74) is 2.26. The summed E-state index contributed by atoms with van der Waals surface area (Å²) in [7, 11) is 3.66. The van der Waals surface area contributed by atoms with Gasteiger partial charge in [-0.2, -0.15) is 0 Å². The van der Waals surface area contributed by atoms with Crippen molar-refractivity contribution in [2.24, 2.45) is 0 Å². The molecule has 0 aliphatic carbocycles. The monoisotopic (exact) mass is 344 g/mol. The molecule has 1 N–H and O–H groups in total. The molecule has 24 heavy (non-hydrogen) atoms. The number of piperidine rings is 1. The Kier molecular flexibility index (Phi) is 5.21. The summed E-state index contributed by atoms with van der Waals surface area (Å²) in [5.74, 6) is 1.01. The Morgan fingerprint density at radius 3 is 2.50 bits per heavy atom. The van der Waals surface area contributed by atoms with Gasteiger partial charge >= 0.3 is 0 Å². The highest BCUT2D eigenvalue weighted by Gasteiger charge is 2.24. The molecule has 1 amide bonds. The van der Waals surface area contributed by atoms with E-state index in [1.807, 2.05) is 42.3 Å². The molecule has 1 aliphatic heterocycles. The normalized spacial score (nSPS) is 15.5. The second-order valence-corrected chi connectivity index (χ2v) is 7.42. The van der Waals surface area contributed by atoms with Gasteiger partial charge in [0.25, 0.3) is 5.91 Å². The third-order valence-electron chi connectivity index (χ3n) is 4.72. The Labute approximate surface area is 147 Å². The van der Waals surface area contributed by atoms with E-state index < -0.39 is 0 Å². The number of aryl methyl sites for hydroxylation is 1. The van der Waals surface area contributed by atoms with Crippen LogP contribution < -0.4 is 10.1 Å². The maximum Gasteiger partial charge on any atom is 0.263 e. The molecule has 5 heteroatoms. The maximum atomic E-state index is 12.8. The number of carbonyl (C=O) groups is 1. The molecular weight excluding hydrogens is 320 g/mol. The predicted octanol–water partition coefficient (Wildman–Crippen LogP) is 3.56. The number of nitrogens with one attached hydrogen (secondary N) is 1. The van der Waals surface area contributed by atoms with E-state index in [9.17, 15) is 4.79 Å². The van der Waals surface area contributed by atoms with Crippen molar-refractivity contribution in [3.8, 4) is 16.9 Å². The second-order valence-electron chi connectivity index (χ2n) is 6.16. The van der Waals surface area contributed by atoms with Crippen LogP contribution in [0.3, 0.4) is 0 Å². The standard InChI is InChI=1S/C19H24N2O2S/c1-13-17(14-4-6-16(23-3)7-5-14)12-18(24-13)19(22)21-10-8-15(20-2)9-11-21/h4-7,12,15,20H,8-11H2,1-3H3. The van der Waals surface area contributed by atoms with Gasteiger partial charge in [-0.25, -0.2) is 0 Å². The minimum absolute atomic E-state index is 0.164.